The number of carbonyl (C=O) groups is 1. The Labute approximate surface area is 117 Å². The van der Waals surface area contributed by atoms with Crippen molar-refractivity contribution in [3.05, 3.63) is 5.82 Å². The molecule has 1 aliphatic carbocycles. The minimum absolute atomic E-state index is 0.0101. The summed E-state index contributed by atoms with van der Waals surface area (Å²) in [5.41, 5.74) is 0. The van der Waals surface area contributed by atoms with Crippen LogP contribution in [0.4, 0.5) is 0 Å². The molecular formula is C13H20N4OS. The minimum Gasteiger partial charge on any atom is -0.355 e. The van der Waals surface area contributed by atoms with E-state index >= 15 is 0 Å². The van der Waals surface area contributed by atoms with Crippen LogP contribution in [0.25, 0.3) is 0 Å². The zero-order valence-electron chi connectivity index (χ0n) is 11.3. The van der Waals surface area contributed by atoms with E-state index in [0.29, 0.717) is 5.92 Å². The Morgan fingerprint density at radius 3 is 2.89 bits per heavy atom. The van der Waals surface area contributed by atoms with Crippen molar-refractivity contribution in [2.24, 2.45) is 0 Å². The monoisotopic (exact) mass is 280 g/mol. The van der Waals surface area contributed by atoms with E-state index in [1.807, 2.05) is 0 Å². The molecule has 0 bridgehead atoms. The van der Waals surface area contributed by atoms with Crippen molar-refractivity contribution in [2.45, 2.75) is 61.9 Å². The number of thioether (sulfide) groups is 1. The van der Waals surface area contributed by atoms with Gasteiger partial charge in [0.2, 0.25) is 5.91 Å². The maximum absolute atomic E-state index is 12.0. The highest BCUT2D eigenvalue weighted by Gasteiger charge is 2.31. The van der Waals surface area contributed by atoms with E-state index in [9.17, 15) is 4.79 Å². The molecule has 1 saturated heterocycles. The van der Waals surface area contributed by atoms with E-state index in [4.69, 9.17) is 0 Å². The van der Waals surface area contributed by atoms with Gasteiger partial charge in [-0.25, -0.2) is 0 Å². The fraction of sp³-hybridized carbons (Fsp3) is 0.769. The lowest BCUT2D eigenvalue weighted by molar-refractivity contribution is -0.120. The molecule has 0 spiro atoms. The van der Waals surface area contributed by atoms with Crippen molar-refractivity contribution in [3.8, 4) is 0 Å². The van der Waals surface area contributed by atoms with Gasteiger partial charge in [-0.05, 0) is 32.6 Å². The first kappa shape index (κ1) is 13.0. The number of amides is 1. The van der Waals surface area contributed by atoms with E-state index in [1.54, 1.807) is 11.8 Å². The lowest BCUT2D eigenvalue weighted by Crippen LogP contribution is -2.30. The number of hydrogen-bond donors (Lipinski definition) is 1. The third kappa shape index (κ3) is 2.78. The normalized spacial score (nSPS) is 24.1. The molecule has 2 aliphatic rings. The van der Waals surface area contributed by atoms with Gasteiger partial charge in [0.15, 0.2) is 5.16 Å². The van der Waals surface area contributed by atoms with Crippen LogP contribution >= 0.6 is 11.8 Å². The number of rotatable bonds is 4. The van der Waals surface area contributed by atoms with Crippen LogP contribution in [0.3, 0.4) is 0 Å². The molecule has 1 aromatic rings. The minimum atomic E-state index is -0.0101. The molecule has 2 fully saturated rings. The smallest absolute Gasteiger partial charge is 0.233 e. The van der Waals surface area contributed by atoms with Crippen molar-refractivity contribution >= 4 is 17.7 Å². The highest BCUT2D eigenvalue weighted by Crippen LogP contribution is 2.40. The molecule has 104 valence electrons. The third-order valence-corrected chi connectivity index (χ3v) is 4.98. The summed E-state index contributed by atoms with van der Waals surface area (Å²) in [6, 6.07) is 0. The van der Waals surface area contributed by atoms with Gasteiger partial charge in [0.25, 0.3) is 0 Å². The van der Waals surface area contributed by atoms with Crippen LogP contribution < -0.4 is 5.32 Å². The van der Waals surface area contributed by atoms with Crippen molar-refractivity contribution in [1.29, 1.82) is 0 Å². The number of hydrogen-bond acceptors (Lipinski definition) is 4. The van der Waals surface area contributed by atoms with Crippen LogP contribution in [0.15, 0.2) is 5.16 Å². The first-order valence-corrected chi connectivity index (χ1v) is 8.05. The van der Waals surface area contributed by atoms with Crippen molar-refractivity contribution in [2.75, 3.05) is 6.54 Å². The molecule has 6 heteroatoms. The maximum Gasteiger partial charge on any atom is 0.233 e. The van der Waals surface area contributed by atoms with Gasteiger partial charge in [0.05, 0.1) is 5.25 Å². The fourth-order valence-electron chi connectivity index (χ4n) is 2.48. The second kappa shape index (κ2) is 5.53. The van der Waals surface area contributed by atoms with Crippen LogP contribution in [0.5, 0.6) is 0 Å². The second-order valence-electron chi connectivity index (χ2n) is 5.25. The van der Waals surface area contributed by atoms with Gasteiger partial charge in [-0.15, -0.1) is 10.2 Å². The Kier molecular flexibility index (Phi) is 3.77. The lowest BCUT2D eigenvalue weighted by atomic mass is 10.2. The number of nitrogens with zero attached hydrogens (tertiary/aromatic N) is 3. The van der Waals surface area contributed by atoms with Gasteiger partial charge in [-0.3, -0.25) is 4.79 Å². The highest BCUT2D eigenvalue weighted by atomic mass is 32.2. The number of carbonyl (C=O) groups excluding carboxylic acids is 1. The van der Waals surface area contributed by atoms with E-state index in [1.165, 1.54) is 12.8 Å². The van der Waals surface area contributed by atoms with Crippen molar-refractivity contribution < 1.29 is 4.79 Å². The molecule has 3 rings (SSSR count). The molecule has 1 unspecified atom stereocenters. The van der Waals surface area contributed by atoms with E-state index < -0.39 is 0 Å². The summed E-state index contributed by atoms with van der Waals surface area (Å²) in [4.78, 5) is 12.0. The number of aromatic nitrogens is 3. The first-order valence-electron chi connectivity index (χ1n) is 7.17. The van der Waals surface area contributed by atoms with E-state index in [-0.39, 0.29) is 11.2 Å². The van der Waals surface area contributed by atoms with Crippen molar-refractivity contribution in [3.63, 3.8) is 0 Å². The van der Waals surface area contributed by atoms with Gasteiger partial charge in [0.1, 0.15) is 5.82 Å². The SMILES string of the molecule is CCn1c(SC2CCCCNC2=O)nnc1C1CC1. The topological polar surface area (TPSA) is 59.8 Å². The molecule has 1 atom stereocenters. The highest BCUT2D eigenvalue weighted by molar-refractivity contribution is 8.00. The fourth-order valence-corrected chi connectivity index (χ4v) is 3.65. The molecule has 2 heterocycles. The second-order valence-corrected chi connectivity index (χ2v) is 6.42. The molecule has 1 aromatic heterocycles. The average Bonchev–Trinajstić information content (AvgIpc) is 3.19. The van der Waals surface area contributed by atoms with E-state index in [0.717, 1.165) is 43.3 Å². The predicted molar refractivity (Wildman–Crippen MR) is 74.2 cm³/mol. The summed E-state index contributed by atoms with van der Waals surface area (Å²) >= 11 is 1.58. The largest absolute Gasteiger partial charge is 0.355 e. The number of nitrogens with one attached hydrogen (secondary N) is 1. The molecule has 5 nitrogen and oxygen atoms in total. The molecule has 1 amide bonds. The molecule has 0 radical (unpaired) electrons. The van der Waals surface area contributed by atoms with Crippen LogP contribution in [-0.2, 0) is 11.3 Å². The summed E-state index contributed by atoms with van der Waals surface area (Å²) in [5, 5.41) is 12.5. The molecule has 1 N–H and O–H groups in total. The molecule has 19 heavy (non-hydrogen) atoms. The molecule has 0 aromatic carbocycles. The summed E-state index contributed by atoms with van der Waals surface area (Å²) in [5.74, 6) is 1.87. The zero-order chi connectivity index (χ0) is 13.2. The van der Waals surface area contributed by atoms with E-state index in [2.05, 4.69) is 27.0 Å². The average molecular weight is 280 g/mol. The Balaban J connectivity index is 1.76. The molecular weight excluding hydrogens is 260 g/mol. The predicted octanol–water partition coefficient (Wildman–Crippen LogP) is 1.94. The third-order valence-electron chi connectivity index (χ3n) is 3.74. The standard InChI is InChI=1S/C13H20N4OS/c1-2-17-11(9-6-7-9)15-16-13(17)19-10-5-3-4-8-14-12(10)18/h9-10H,2-8H2,1H3,(H,14,18). The Bertz CT molecular complexity index is 469. The Morgan fingerprint density at radius 2 is 2.16 bits per heavy atom. The summed E-state index contributed by atoms with van der Waals surface area (Å²) < 4.78 is 2.18. The van der Waals surface area contributed by atoms with Crippen LogP contribution in [-0.4, -0.2) is 32.5 Å². The molecule has 1 aliphatic heterocycles. The summed E-state index contributed by atoms with van der Waals surface area (Å²) in [6.45, 7) is 3.81. The summed E-state index contributed by atoms with van der Waals surface area (Å²) in [7, 11) is 0. The first-order chi connectivity index (χ1) is 9.29. The Hall–Kier alpha value is -1.04. The Morgan fingerprint density at radius 1 is 1.32 bits per heavy atom. The van der Waals surface area contributed by atoms with Crippen LogP contribution in [0, 0.1) is 0 Å². The quantitative estimate of drug-likeness (QED) is 0.915. The molecule has 1 saturated carbocycles. The van der Waals surface area contributed by atoms with Gasteiger partial charge in [-0.2, -0.15) is 0 Å². The van der Waals surface area contributed by atoms with Gasteiger partial charge in [-0.1, -0.05) is 18.2 Å². The van der Waals surface area contributed by atoms with Gasteiger partial charge < -0.3 is 9.88 Å². The van der Waals surface area contributed by atoms with Crippen LogP contribution in [0.1, 0.15) is 50.8 Å². The maximum atomic E-state index is 12.0. The lowest BCUT2D eigenvalue weighted by Gasteiger charge is -2.13. The van der Waals surface area contributed by atoms with Crippen LogP contribution in [0.2, 0.25) is 0 Å². The van der Waals surface area contributed by atoms with Gasteiger partial charge in [0, 0.05) is 19.0 Å². The van der Waals surface area contributed by atoms with Crippen molar-refractivity contribution in [1.82, 2.24) is 20.1 Å². The summed E-state index contributed by atoms with van der Waals surface area (Å²) in [6.07, 6.45) is 5.58. The zero-order valence-corrected chi connectivity index (χ0v) is 12.1. The van der Waals surface area contributed by atoms with Gasteiger partial charge >= 0.3 is 0 Å².